The number of nitrogens with zero attached hydrogens (tertiary/aromatic N) is 1. The van der Waals surface area contributed by atoms with Gasteiger partial charge in [0.05, 0.1) is 6.10 Å². The molecule has 14 heavy (non-hydrogen) atoms. The first kappa shape index (κ1) is 10.4. The molecule has 4 atom stereocenters. The minimum atomic E-state index is 0.424. The van der Waals surface area contributed by atoms with Gasteiger partial charge < -0.3 is 0 Å². The van der Waals surface area contributed by atoms with Crippen molar-refractivity contribution < 1.29 is 4.84 Å². The molecule has 0 spiro atoms. The molecule has 0 aromatic rings. The van der Waals surface area contributed by atoms with Gasteiger partial charge in [0.2, 0.25) is 0 Å². The van der Waals surface area contributed by atoms with Gasteiger partial charge in [0, 0.05) is 12.1 Å². The average Bonchev–Trinajstić information content (AvgIpc) is 2.33. The lowest BCUT2D eigenvalue weighted by Gasteiger charge is -2.49. The molecule has 2 bridgehead atoms. The van der Waals surface area contributed by atoms with Crippen LogP contribution in [0.2, 0.25) is 0 Å². The Morgan fingerprint density at radius 2 is 1.71 bits per heavy atom. The van der Waals surface area contributed by atoms with Crippen molar-refractivity contribution in [3.8, 4) is 0 Å². The van der Waals surface area contributed by atoms with Crippen LogP contribution in [0.1, 0.15) is 41.0 Å². The maximum atomic E-state index is 6.11. The van der Waals surface area contributed by atoms with Gasteiger partial charge in [-0.2, -0.15) is 5.06 Å². The Labute approximate surface area is 87.6 Å². The average molecular weight is 197 g/mol. The van der Waals surface area contributed by atoms with Crippen LogP contribution >= 0.6 is 0 Å². The lowest BCUT2D eigenvalue weighted by Crippen LogP contribution is -2.59. The van der Waals surface area contributed by atoms with E-state index in [0.29, 0.717) is 30.0 Å². The number of hydrogen-bond acceptors (Lipinski definition) is 2. The summed E-state index contributed by atoms with van der Waals surface area (Å²) in [7, 11) is 0. The highest BCUT2D eigenvalue weighted by molar-refractivity contribution is 4.96. The van der Waals surface area contributed by atoms with E-state index in [1.165, 1.54) is 6.42 Å². The van der Waals surface area contributed by atoms with E-state index in [0.717, 1.165) is 5.92 Å². The van der Waals surface area contributed by atoms with Gasteiger partial charge >= 0.3 is 0 Å². The van der Waals surface area contributed by atoms with Gasteiger partial charge in [0.25, 0.3) is 0 Å². The summed E-state index contributed by atoms with van der Waals surface area (Å²) < 4.78 is 0. The van der Waals surface area contributed by atoms with Gasteiger partial charge in [-0.3, -0.25) is 4.84 Å². The summed E-state index contributed by atoms with van der Waals surface area (Å²) in [6.45, 7) is 11.5. The predicted octanol–water partition coefficient (Wildman–Crippen LogP) is 2.69. The molecule has 3 aliphatic rings. The lowest BCUT2D eigenvalue weighted by atomic mass is 9.77. The fourth-order valence-corrected chi connectivity index (χ4v) is 3.22. The third-order valence-corrected chi connectivity index (χ3v) is 4.15. The van der Waals surface area contributed by atoms with Crippen molar-refractivity contribution in [1.29, 1.82) is 0 Å². The molecule has 0 aromatic heterocycles. The summed E-state index contributed by atoms with van der Waals surface area (Å²) in [6, 6.07) is 1.27. The standard InChI is InChI=1S/C12H23NO/c1-7(2)12-8(3)6-11-9(4)13(14-12)10(11)5/h7-12H,6H2,1-5H3. The zero-order valence-electron chi connectivity index (χ0n) is 10.0. The molecule has 3 saturated heterocycles. The van der Waals surface area contributed by atoms with Crippen LogP contribution in [0.25, 0.3) is 0 Å². The van der Waals surface area contributed by atoms with Crippen LogP contribution in [-0.4, -0.2) is 23.3 Å². The summed E-state index contributed by atoms with van der Waals surface area (Å²) in [5.74, 6) is 2.19. The number of hydrogen-bond donors (Lipinski definition) is 0. The highest BCUT2D eigenvalue weighted by atomic mass is 16.7. The Morgan fingerprint density at radius 1 is 1.14 bits per heavy atom. The van der Waals surface area contributed by atoms with Gasteiger partial charge in [0.1, 0.15) is 0 Å². The molecule has 0 saturated carbocycles. The summed E-state index contributed by atoms with van der Waals surface area (Å²) >= 11 is 0. The van der Waals surface area contributed by atoms with E-state index in [2.05, 4.69) is 39.7 Å². The quantitative estimate of drug-likeness (QED) is 0.641. The molecule has 2 heteroatoms. The topological polar surface area (TPSA) is 12.5 Å². The van der Waals surface area contributed by atoms with Crippen molar-refractivity contribution in [2.45, 2.75) is 59.2 Å². The minimum Gasteiger partial charge on any atom is -0.295 e. The van der Waals surface area contributed by atoms with E-state index in [9.17, 15) is 0 Å². The Bertz CT molecular complexity index is 206. The third-order valence-electron chi connectivity index (χ3n) is 4.15. The van der Waals surface area contributed by atoms with Gasteiger partial charge in [-0.05, 0) is 38.0 Å². The van der Waals surface area contributed by atoms with Crippen molar-refractivity contribution in [1.82, 2.24) is 5.06 Å². The molecular weight excluding hydrogens is 174 g/mol. The van der Waals surface area contributed by atoms with Crippen LogP contribution in [0.5, 0.6) is 0 Å². The van der Waals surface area contributed by atoms with Crippen LogP contribution < -0.4 is 0 Å². The molecular formula is C12H23NO. The number of hydroxylamine groups is 2. The molecule has 0 radical (unpaired) electrons. The SMILES string of the molecule is CC(C)C1ON2C(C)C(CC1C)C2C. The molecule has 3 fully saturated rings. The molecule has 82 valence electrons. The Balaban J connectivity index is 2.12. The van der Waals surface area contributed by atoms with E-state index in [-0.39, 0.29) is 0 Å². The van der Waals surface area contributed by atoms with Crippen molar-refractivity contribution >= 4 is 0 Å². The van der Waals surface area contributed by atoms with Crippen LogP contribution in [0, 0.1) is 17.8 Å². The largest absolute Gasteiger partial charge is 0.295 e. The first-order chi connectivity index (χ1) is 6.52. The molecule has 3 heterocycles. The molecule has 0 aliphatic carbocycles. The van der Waals surface area contributed by atoms with Gasteiger partial charge in [0.15, 0.2) is 0 Å². The van der Waals surface area contributed by atoms with Crippen LogP contribution in [0.4, 0.5) is 0 Å². The first-order valence-corrected chi connectivity index (χ1v) is 5.97. The zero-order chi connectivity index (χ0) is 10.5. The molecule has 0 amide bonds. The Morgan fingerprint density at radius 3 is 2.21 bits per heavy atom. The molecule has 3 rings (SSSR count). The van der Waals surface area contributed by atoms with Crippen molar-refractivity contribution in [3.05, 3.63) is 0 Å². The van der Waals surface area contributed by atoms with Crippen LogP contribution in [0.15, 0.2) is 0 Å². The molecule has 3 aliphatic heterocycles. The number of rotatable bonds is 1. The molecule has 0 aromatic carbocycles. The maximum absolute atomic E-state index is 6.11. The summed E-state index contributed by atoms with van der Waals surface area (Å²) in [5.41, 5.74) is 0. The molecule has 2 nitrogen and oxygen atoms in total. The van der Waals surface area contributed by atoms with Crippen LogP contribution in [-0.2, 0) is 4.84 Å². The van der Waals surface area contributed by atoms with E-state index < -0.39 is 0 Å². The second-order valence-corrected chi connectivity index (χ2v) is 5.53. The highest BCUT2D eigenvalue weighted by Gasteiger charge is 2.49. The Kier molecular flexibility index (Phi) is 2.61. The molecule has 4 unspecified atom stereocenters. The Hall–Kier alpha value is -0.0800. The van der Waals surface area contributed by atoms with Crippen molar-refractivity contribution in [2.75, 3.05) is 0 Å². The highest BCUT2D eigenvalue weighted by Crippen LogP contribution is 2.43. The van der Waals surface area contributed by atoms with Crippen molar-refractivity contribution in [3.63, 3.8) is 0 Å². The van der Waals surface area contributed by atoms with Gasteiger partial charge in [-0.25, -0.2) is 0 Å². The zero-order valence-corrected chi connectivity index (χ0v) is 10.0. The smallest absolute Gasteiger partial charge is 0.0841 e. The monoisotopic (exact) mass is 197 g/mol. The minimum absolute atomic E-state index is 0.424. The van der Waals surface area contributed by atoms with E-state index in [1.54, 1.807) is 0 Å². The lowest BCUT2D eigenvalue weighted by molar-refractivity contribution is -0.299. The summed E-state index contributed by atoms with van der Waals surface area (Å²) in [4.78, 5) is 6.11. The second kappa shape index (κ2) is 3.49. The van der Waals surface area contributed by atoms with E-state index in [4.69, 9.17) is 4.84 Å². The fraction of sp³-hybridized carbons (Fsp3) is 1.00. The van der Waals surface area contributed by atoms with E-state index in [1.807, 2.05) is 0 Å². The summed E-state index contributed by atoms with van der Waals surface area (Å²) in [5, 5.41) is 2.22. The predicted molar refractivity (Wildman–Crippen MR) is 57.7 cm³/mol. The van der Waals surface area contributed by atoms with Gasteiger partial charge in [-0.1, -0.05) is 20.8 Å². The van der Waals surface area contributed by atoms with Crippen LogP contribution in [0.3, 0.4) is 0 Å². The van der Waals surface area contributed by atoms with Gasteiger partial charge in [-0.15, -0.1) is 0 Å². The second-order valence-electron chi connectivity index (χ2n) is 5.53. The van der Waals surface area contributed by atoms with Crippen molar-refractivity contribution in [2.24, 2.45) is 17.8 Å². The fourth-order valence-electron chi connectivity index (χ4n) is 3.22. The molecule has 0 N–H and O–H groups in total. The maximum Gasteiger partial charge on any atom is 0.0841 e. The summed E-state index contributed by atoms with van der Waals surface area (Å²) in [6.07, 6.45) is 1.76. The third kappa shape index (κ3) is 1.40. The van der Waals surface area contributed by atoms with E-state index >= 15 is 0 Å². The number of fused-ring (bicyclic) bond motifs is 3. The first-order valence-electron chi connectivity index (χ1n) is 5.97. The normalized spacial score (nSPS) is 52.7.